The molecule has 1 aliphatic heterocycles. The summed E-state index contributed by atoms with van der Waals surface area (Å²) in [5.74, 6) is 0.0668. The van der Waals surface area contributed by atoms with Crippen LogP contribution in [0.25, 0.3) is 0 Å². The van der Waals surface area contributed by atoms with Gasteiger partial charge in [-0.25, -0.2) is 14.8 Å². The molecule has 1 saturated heterocycles. The molecule has 2 aromatic rings. The molecule has 0 aromatic carbocycles. The topological polar surface area (TPSA) is 102 Å². The third-order valence-corrected chi connectivity index (χ3v) is 4.86. The third kappa shape index (κ3) is 5.44. The van der Waals surface area contributed by atoms with E-state index in [1.165, 1.54) is 7.05 Å². The molecule has 0 saturated carbocycles. The van der Waals surface area contributed by atoms with Crippen LogP contribution in [-0.4, -0.2) is 66.6 Å². The van der Waals surface area contributed by atoms with E-state index < -0.39 is 12.8 Å². The standard InChI is InChI=1S/C21H29N7O2/c1-4-23-21(30)26-19-8-5-16(13-24-19)14-27-9-11-28(12-10-27)18-7-6-17(20(29)22-3)25-15(18)2/h5-8,13H,4,9-12,14H2,1-3H3,(H,22,29)(H2,23,24,26,30)/i2D3. The lowest BCUT2D eigenvalue weighted by Gasteiger charge is -2.36. The fraction of sp³-hybridized carbons (Fsp3) is 0.429. The number of nitrogens with zero attached hydrogens (tertiary/aromatic N) is 4. The molecule has 3 N–H and O–H groups in total. The molecule has 0 bridgehead atoms. The lowest BCUT2D eigenvalue weighted by molar-refractivity contribution is 0.0958. The van der Waals surface area contributed by atoms with E-state index in [0.29, 0.717) is 37.7 Å². The average molecular weight is 415 g/mol. The number of piperazine rings is 1. The largest absolute Gasteiger partial charge is 0.368 e. The number of carbonyl (C=O) groups excluding carboxylic acids is 2. The lowest BCUT2D eigenvalue weighted by Crippen LogP contribution is -2.46. The highest BCUT2D eigenvalue weighted by Gasteiger charge is 2.20. The van der Waals surface area contributed by atoms with Gasteiger partial charge in [0.25, 0.3) is 5.91 Å². The summed E-state index contributed by atoms with van der Waals surface area (Å²) in [4.78, 5) is 36.2. The monoisotopic (exact) mass is 414 g/mol. The summed E-state index contributed by atoms with van der Waals surface area (Å²) >= 11 is 0. The number of aromatic nitrogens is 2. The third-order valence-electron chi connectivity index (χ3n) is 4.86. The van der Waals surface area contributed by atoms with Crippen LogP contribution in [0.15, 0.2) is 30.5 Å². The van der Waals surface area contributed by atoms with Crippen molar-refractivity contribution < 1.29 is 13.7 Å². The van der Waals surface area contributed by atoms with Crippen molar-refractivity contribution in [2.75, 3.05) is 50.0 Å². The molecule has 30 heavy (non-hydrogen) atoms. The van der Waals surface area contributed by atoms with Crippen molar-refractivity contribution in [2.45, 2.75) is 20.3 Å². The summed E-state index contributed by atoms with van der Waals surface area (Å²) in [5, 5.41) is 7.80. The first-order valence-electron chi connectivity index (χ1n) is 11.4. The molecule has 1 fully saturated rings. The summed E-state index contributed by atoms with van der Waals surface area (Å²) in [6.07, 6.45) is 1.74. The van der Waals surface area contributed by atoms with Gasteiger partial charge >= 0.3 is 6.03 Å². The van der Waals surface area contributed by atoms with Crippen molar-refractivity contribution in [3.8, 4) is 0 Å². The highest BCUT2D eigenvalue weighted by Crippen LogP contribution is 2.21. The van der Waals surface area contributed by atoms with Gasteiger partial charge in [-0.3, -0.25) is 15.0 Å². The number of amides is 3. The summed E-state index contributed by atoms with van der Waals surface area (Å²) in [6.45, 7) is 3.39. The Kier molecular flexibility index (Phi) is 5.89. The van der Waals surface area contributed by atoms with Gasteiger partial charge in [0.15, 0.2) is 0 Å². The molecule has 9 heteroatoms. The number of anilines is 2. The average Bonchev–Trinajstić information content (AvgIpc) is 2.79. The van der Waals surface area contributed by atoms with Gasteiger partial charge in [0.05, 0.1) is 11.4 Å². The van der Waals surface area contributed by atoms with Crippen LogP contribution in [0.3, 0.4) is 0 Å². The predicted molar refractivity (Wildman–Crippen MR) is 117 cm³/mol. The Labute approximate surface area is 181 Å². The molecule has 1 aliphatic rings. The normalized spacial score (nSPS) is 16.2. The van der Waals surface area contributed by atoms with Crippen LogP contribution in [0.1, 0.15) is 32.8 Å². The lowest BCUT2D eigenvalue weighted by atomic mass is 10.2. The van der Waals surface area contributed by atoms with Crippen molar-refractivity contribution in [3.05, 3.63) is 47.4 Å². The smallest absolute Gasteiger partial charge is 0.320 e. The number of carbonyl (C=O) groups is 2. The Morgan fingerprint density at radius 3 is 2.60 bits per heavy atom. The van der Waals surface area contributed by atoms with Crippen molar-refractivity contribution in [1.29, 1.82) is 0 Å². The molecular formula is C21H29N7O2. The van der Waals surface area contributed by atoms with E-state index in [2.05, 4.69) is 30.8 Å². The number of hydrogen-bond donors (Lipinski definition) is 3. The molecule has 0 radical (unpaired) electrons. The number of pyridine rings is 2. The first kappa shape index (κ1) is 17.6. The van der Waals surface area contributed by atoms with Crippen LogP contribution < -0.4 is 20.9 Å². The minimum Gasteiger partial charge on any atom is -0.368 e. The van der Waals surface area contributed by atoms with Gasteiger partial charge < -0.3 is 15.5 Å². The number of urea groups is 1. The van der Waals surface area contributed by atoms with Crippen molar-refractivity contribution in [1.82, 2.24) is 25.5 Å². The minimum atomic E-state index is -2.42. The molecule has 0 aliphatic carbocycles. The summed E-state index contributed by atoms with van der Waals surface area (Å²) < 4.78 is 23.6. The van der Waals surface area contributed by atoms with Crippen LogP contribution in [0.2, 0.25) is 0 Å². The molecule has 3 heterocycles. The zero-order chi connectivity index (χ0) is 24.0. The molecule has 9 nitrogen and oxygen atoms in total. The molecule has 160 valence electrons. The minimum absolute atomic E-state index is 0.0588. The second-order valence-electron chi connectivity index (χ2n) is 6.94. The Balaban J connectivity index is 1.62. The van der Waals surface area contributed by atoms with Crippen molar-refractivity contribution in [3.63, 3.8) is 0 Å². The maximum absolute atomic E-state index is 11.9. The van der Waals surface area contributed by atoms with Crippen molar-refractivity contribution >= 4 is 23.4 Å². The molecular weight excluding hydrogens is 382 g/mol. The Morgan fingerprint density at radius 2 is 1.97 bits per heavy atom. The predicted octanol–water partition coefficient (Wildman–Crippen LogP) is 1.61. The summed E-state index contributed by atoms with van der Waals surface area (Å²) in [5.41, 5.74) is 1.58. The maximum atomic E-state index is 11.9. The first-order chi connectivity index (χ1) is 15.7. The fourth-order valence-corrected chi connectivity index (χ4v) is 3.28. The molecule has 3 amide bonds. The van der Waals surface area contributed by atoms with Crippen molar-refractivity contribution in [2.24, 2.45) is 0 Å². The van der Waals surface area contributed by atoms with E-state index in [9.17, 15) is 9.59 Å². The molecule has 2 aromatic heterocycles. The first-order valence-corrected chi connectivity index (χ1v) is 9.92. The molecule has 0 spiro atoms. The summed E-state index contributed by atoms with van der Waals surface area (Å²) in [6, 6.07) is 6.62. The quantitative estimate of drug-likeness (QED) is 0.664. The van der Waals surface area contributed by atoms with Gasteiger partial charge in [0.2, 0.25) is 0 Å². The van der Waals surface area contributed by atoms with Crippen LogP contribution in [0.5, 0.6) is 0 Å². The van der Waals surface area contributed by atoms with Crippen LogP contribution in [0.4, 0.5) is 16.3 Å². The van der Waals surface area contributed by atoms with Gasteiger partial charge in [-0.2, -0.15) is 0 Å². The Bertz CT molecular complexity index is 975. The van der Waals surface area contributed by atoms with Crippen LogP contribution in [0, 0.1) is 6.85 Å². The number of aryl methyl sites for hydroxylation is 1. The van der Waals surface area contributed by atoms with E-state index in [0.717, 1.165) is 18.7 Å². The van der Waals surface area contributed by atoms with E-state index in [1.807, 2.05) is 17.9 Å². The molecule has 0 unspecified atom stereocenters. The van der Waals surface area contributed by atoms with E-state index in [4.69, 9.17) is 4.11 Å². The zero-order valence-electron chi connectivity index (χ0n) is 20.2. The maximum Gasteiger partial charge on any atom is 0.320 e. The molecule has 0 atom stereocenters. The van der Waals surface area contributed by atoms with Gasteiger partial charge in [-0.15, -0.1) is 0 Å². The molecule has 3 rings (SSSR count). The van der Waals surface area contributed by atoms with Gasteiger partial charge in [0, 0.05) is 56.6 Å². The highest BCUT2D eigenvalue weighted by atomic mass is 16.2. The number of rotatable bonds is 6. The highest BCUT2D eigenvalue weighted by molar-refractivity contribution is 5.92. The van der Waals surface area contributed by atoms with Crippen LogP contribution in [-0.2, 0) is 6.54 Å². The summed E-state index contributed by atoms with van der Waals surface area (Å²) in [7, 11) is 1.48. The van der Waals surface area contributed by atoms with Gasteiger partial charge in [0.1, 0.15) is 11.5 Å². The van der Waals surface area contributed by atoms with E-state index in [-0.39, 0.29) is 17.4 Å². The van der Waals surface area contributed by atoms with E-state index in [1.54, 1.807) is 24.4 Å². The van der Waals surface area contributed by atoms with E-state index >= 15 is 0 Å². The van der Waals surface area contributed by atoms with Gasteiger partial charge in [-0.05, 0) is 37.5 Å². The van der Waals surface area contributed by atoms with Gasteiger partial charge in [-0.1, -0.05) is 6.07 Å². The Hall–Kier alpha value is -3.20. The number of hydrogen-bond acceptors (Lipinski definition) is 6. The SMILES string of the molecule is [2H]C([2H])([2H])c1nc(C(=O)NC)ccc1N1CCN(Cc2ccc(NC(=O)NCC)nc2)CC1. The second kappa shape index (κ2) is 10.0. The second-order valence-corrected chi connectivity index (χ2v) is 6.94. The number of nitrogens with one attached hydrogen (secondary N) is 3. The zero-order valence-corrected chi connectivity index (χ0v) is 17.2. The Morgan fingerprint density at radius 1 is 1.17 bits per heavy atom. The van der Waals surface area contributed by atoms with Crippen LogP contribution >= 0.6 is 0 Å². The fourth-order valence-electron chi connectivity index (χ4n) is 3.28.